The summed E-state index contributed by atoms with van der Waals surface area (Å²) in [6.07, 6.45) is 0. The van der Waals surface area contributed by atoms with Crippen molar-refractivity contribution < 1.29 is 0 Å². The van der Waals surface area contributed by atoms with Crippen molar-refractivity contribution in [3.05, 3.63) is 67.6 Å². The van der Waals surface area contributed by atoms with Gasteiger partial charge >= 0.3 is 0 Å². The van der Waals surface area contributed by atoms with Gasteiger partial charge in [-0.15, -0.1) is 0 Å². The maximum atomic E-state index is 6.40. The highest BCUT2D eigenvalue weighted by molar-refractivity contribution is 8.05. The van der Waals surface area contributed by atoms with Crippen molar-refractivity contribution in [3.63, 3.8) is 0 Å². The zero-order valence-corrected chi connectivity index (χ0v) is 17.8. The van der Waals surface area contributed by atoms with Gasteiger partial charge in [0.2, 0.25) is 0 Å². The van der Waals surface area contributed by atoms with Crippen LogP contribution in [-0.4, -0.2) is 0 Å². The van der Waals surface area contributed by atoms with Crippen molar-refractivity contribution >= 4 is 105 Å². The predicted molar refractivity (Wildman–Crippen MR) is 107 cm³/mol. The summed E-state index contributed by atoms with van der Waals surface area (Å²) in [6, 6.07) is 9.44. The van der Waals surface area contributed by atoms with E-state index in [1.165, 1.54) is 0 Å². The lowest BCUT2D eigenvalue weighted by molar-refractivity contribution is 1.19. The lowest BCUT2D eigenvalue weighted by Gasteiger charge is -2.28. The van der Waals surface area contributed by atoms with Gasteiger partial charge in [0.25, 0.3) is 0 Å². The first-order valence-electron chi connectivity index (χ1n) is 5.88. The zero-order valence-electron chi connectivity index (χ0n) is 10.9. The lowest BCUT2D eigenvalue weighted by Crippen LogP contribution is -2.15. The maximum Gasteiger partial charge on any atom is 0.191 e. The van der Waals surface area contributed by atoms with Gasteiger partial charge in [0.1, 0.15) is 0 Å². The molecule has 9 heteroatoms. The molecule has 0 aliphatic rings. The van der Waals surface area contributed by atoms with Crippen molar-refractivity contribution in [2.24, 2.45) is 0 Å². The fraction of sp³-hybridized carbons (Fsp3) is 0.143. The number of thioether (sulfide) groups is 1. The van der Waals surface area contributed by atoms with Crippen molar-refractivity contribution in [3.8, 4) is 0 Å². The summed E-state index contributed by atoms with van der Waals surface area (Å²) in [4.78, 5) is 0. The Bertz CT molecular complexity index is 627. The van der Waals surface area contributed by atoms with E-state index in [4.69, 9.17) is 92.8 Å². The summed E-state index contributed by atoms with van der Waals surface area (Å²) < 4.78 is -3.01. The first kappa shape index (κ1) is 20.4. The maximum absolute atomic E-state index is 6.40. The molecule has 0 aliphatic carbocycles. The zero-order chi connectivity index (χ0) is 17.4. The molecule has 0 unspecified atom stereocenters. The molecule has 2 aromatic carbocycles. The van der Waals surface area contributed by atoms with Crippen molar-refractivity contribution in [1.82, 2.24) is 0 Å². The van der Waals surface area contributed by atoms with Crippen molar-refractivity contribution in [2.75, 3.05) is 0 Å². The van der Waals surface area contributed by atoms with Crippen LogP contribution in [0, 0.1) is 0 Å². The van der Waals surface area contributed by atoms with Gasteiger partial charge in [0, 0.05) is 31.2 Å². The van der Waals surface area contributed by atoms with E-state index >= 15 is 0 Å². The van der Waals surface area contributed by atoms with E-state index in [2.05, 4.69) is 0 Å². The molecule has 2 rings (SSSR count). The fourth-order valence-electron chi connectivity index (χ4n) is 1.72. The molecule has 0 N–H and O–H groups in total. The smallest absolute Gasteiger partial charge is 0.0843 e. The topological polar surface area (TPSA) is 0 Å². The second-order valence-corrected chi connectivity index (χ2v) is 11.2. The molecule has 0 aliphatic heterocycles. The van der Waals surface area contributed by atoms with Crippen LogP contribution in [0.25, 0.3) is 0 Å². The van der Waals surface area contributed by atoms with Crippen LogP contribution in [-0.2, 0) is 7.33 Å². The number of benzene rings is 2. The summed E-state index contributed by atoms with van der Waals surface area (Å²) in [5.41, 5.74) is 0.893. The highest BCUT2D eigenvalue weighted by Gasteiger charge is 2.40. The molecule has 0 aromatic heterocycles. The van der Waals surface area contributed by atoms with Crippen LogP contribution in [0.2, 0.25) is 20.1 Å². The molecule has 0 radical (unpaired) electrons. The molecule has 0 bridgehead atoms. The van der Waals surface area contributed by atoms with E-state index in [1.807, 2.05) is 0 Å². The molecule has 0 amide bonds. The second kappa shape index (κ2) is 7.78. The molecule has 0 fully saturated rings. The first-order valence-corrected chi connectivity index (χ1v) is 9.72. The summed E-state index contributed by atoms with van der Waals surface area (Å²) in [5.74, 6) is 0. The van der Waals surface area contributed by atoms with E-state index < -0.39 is 7.33 Å². The van der Waals surface area contributed by atoms with E-state index in [1.54, 1.807) is 36.4 Å². The van der Waals surface area contributed by atoms with Crippen LogP contribution >= 0.6 is 105 Å². The Kier molecular flexibility index (Phi) is 6.91. The Morgan fingerprint density at radius 3 is 1.04 bits per heavy atom. The van der Waals surface area contributed by atoms with Gasteiger partial charge < -0.3 is 0 Å². The van der Waals surface area contributed by atoms with Gasteiger partial charge in [-0.05, 0) is 36.4 Å². The summed E-state index contributed by atoms with van der Waals surface area (Å²) >= 11 is 50.4. The molecular weight excluding hydrogens is 484 g/mol. The lowest BCUT2D eigenvalue weighted by atomic mass is 10.2. The first-order chi connectivity index (χ1) is 10.5. The molecule has 0 heterocycles. The van der Waals surface area contributed by atoms with Gasteiger partial charge in [-0.3, -0.25) is 0 Å². The Morgan fingerprint density at radius 1 is 0.522 bits per heavy atom. The largest absolute Gasteiger partial charge is 0.191 e. The Hall–Kier alpha value is 1.11. The minimum Gasteiger partial charge on any atom is -0.0843 e. The van der Waals surface area contributed by atoms with E-state index in [0.29, 0.717) is 31.2 Å². The molecule has 0 saturated carbocycles. The molecule has 0 spiro atoms. The van der Waals surface area contributed by atoms with Crippen LogP contribution < -0.4 is 0 Å². The quantitative estimate of drug-likeness (QED) is 0.386. The number of rotatable bonds is 4. The Balaban J connectivity index is 2.37. The Morgan fingerprint density at radius 2 is 0.783 bits per heavy atom. The molecule has 23 heavy (non-hydrogen) atoms. The Labute approximate surface area is 178 Å². The van der Waals surface area contributed by atoms with E-state index in [9.17, 15) is 0 Å². The van der Waals surface area contributed by atoms with Gasteiger partial charge in [-0.1, -0.05) is 105 Å². The normalized spacial score (nSPS) is 12.5. The van der Waals surface area contributed by atoms with Crippen LogP contribution in [0.4, 0.5) is 0 Å². The van der Waals surface area contributed by atoms with Crippen LogP contribution in [0.3, 0.4) is 0 Å². The third-order valence-corrected chi connectivity index (χ3v) is 6.31. The number of alkyl halides is 4. The van der Waals surface area contributed by atoms with E-state index in [-0.39, 0.29) is 0 Å². The molecule has 124 valence electrons. The molecule has 0 saturated heterocycles. The monoisotopic (exact) mass is 486 g/mol. The predicted octanol–water partition coefficient (Wildman–Crippen LogP) is 8.91. The molecule has 0 nitrogen and oxygen atoms in total. The SMILES string of the molecule is Clc1cc(Cl)cc(C(Cl)(Cl)SC(Cl)(Cl)c2cc(Cl)cc(Cl)c2)c1. The van der Waals surface area contributed by atoms with E-state index in [0.717, 1.165) is 11.8 Å². The molecule has 2 aromatic rings. The fourth-order valence-corrected chi connectivity index (χ4v) is 5.87. The van der Waals surface area contributed by atoms with Crippen LogP contribution in [0.1, 0.15) is 11.1 Å². The third-order valence-electron chi connectivity index (χ3n) is 2.65. The van der Waals surface area contributed by atoms with Gasteiger partial charge in [0.05, 0.1) is 0 Å². The number of halogens is 8. The average molecular weight is 490 g/mol. The average Bonchev–Trinajstić information content (AvgIpc) is 2.35. The molecular formula is C14H6Cl8S. The third kappa shape index (κ3) is 5.54. The summed E-state index contributed by atoms with van der Waals surface area (Å²) in [7, 11) is 0. The standard InChI is InChI=1S/C14H6Cl8S/c15-9-1-7(2-10(16)5-9)13(19,20)23-14(21,22)8-3-11(17)6-12(18)4-8/h1-6H. The highest BCUT2D eigenvalue weighted by atomic mass is 35.5. The number of hydrogen-bond acceptors (Lipinski definition) is 1. The highest BCUT2D eigenvalue weighted by Crippen LogP contribution is 2.59. The minimum atomic E-state index is -1.51. The molecule has 0 atom stereocenters. The van der Waals surface area contributed by atoms with Crippen LogP contribution in [0.5, 0.6) is 0 Å². The number of hydrogen-bond donors (Lipinski definition) is 0. The van der Waals surface area contributed by atoms with Crippen molar-refractivity contribution in [2.45, 2.75) is 7.33 Å². The van der Waals surface area contributed by atoms with Gasteiger partial charge in [-0.2, -0.15) is 0 Å². The van der Waals surface area contributed by atoms with Crippen molar-refractivity contribution in [1.29, 1.82) is 0 Å². The summed E-state index contributed by atoms with van der Waals surface area (Å²) in [6.45, 7) is 0. The second-order valence-electron chi connectivity index (χ2n) is 4.45. The van der Waals surface area contributed by atoms with Gasteiger partial charge in [0.15, 0.2) is 7.33 Å². The summed E-state index contributed by atoms with van der Waals surface area (Å²) in [5, 5.41) is 1.55. The van der Waals surface area contributed by atoms with Gasteiger partial charge in [-0.25, -0.2) is 0 Å². The minimum absolute atomic E-state index is 0.388. The van der Waals surface area contributed by atoms with Crippen LogP contribution in [0.15, 0.2) is 36.4 Å².